The molecule has 0 aliphatic heterocycles. The Morgan fingerprint density at radius 3 is 2.14 bits per heavy atom. The SMILES string of the molecule is CCCN(CCC)CC(CCO)NC. The first-order chi connectivity index (χ1) is 6.78. The second-order valence-electron chi connectivity index (χ2n) is 3.80. The maximum atomic E-state index is 8.88. The van der Waals surface area contributed by atoms with Gasteiger partial charge in [-0.15, -0.1) is 0 Å². The van der Waals surface area contributed by atoms with Gasteiger partial charge in [-0.2, -0.15) is 0 Å². The topological polar surface area (TPSA) is 35.5 Å². The Bertz CT molecular complexity index is 114. The lowest BCUT2D eigenvalue weighted by Gasteiger charge is -2.26. The summed E-state index contributed by atoms with van der Waals surface area (Å²) >= 11 is 0. The first-order valence-corrected chi connectivity index (χ1v) is 5.78. The molecule has 0 aromatic carbocycles. The monoisotopic (exact) mass is 202 g/mol. The van der Waals surface area contributed by atoms with Crippen LogP contribution >= 0.6 is 0 Å². The Labute approximate surface area is 88.5 Å². The fourth-order valence-corrected chi connectivity index (χ4v) is 1.72. The molecule has 0 rings (SSSR count). The van der Waals surface area contributed by atoms with Crippen molar-refractivity contribution < 1.29 is 5.11 Å². The van der Waals surface area contributed by atoms with Crippen LogP contribution in [-0.2, 0) is 0 Å². The average molecular weight is 202 g/mol. The molecule has 3 heteroatoms. The standard InChI is InChI=1S/C11H26N2O/c1-4-7-13(8-5-2)10-11(12-3)6-9-14/h11-12,14H,4-10H2,1-3H3. The number of hydrogen-bond acceptors (Lipinski definition) is 3. The molecule has 0 aromatic rings. The van der Waals surface area contributed by atoms with Gasteiger partial charge in [0.25, 0.3) is 0 Å². The van der Waals surface area contributed by atoms with Crippen LogP contribution in [0.2, 0.25) is 0 Å². The first kappa shape index (κ1) is 13.9. The van der Waals surface area contributed by atoms with Crippen LogP contribution in [0, 0.1) is 0 Å². The van der Waals surface area contributed by atoms with E-state index in [2.05, 4.69) is 24.1 Å². The molecule has 1 unspecified atom stereocenters. The summed E-state index contributed by atoms with van der Waals surface area (Å²) in [4.78, 5) is 2.47. The lowest BCUT2D eigenvalue weighted by atomic mass is 10.2. The zero-order valence-electron chi connectivity index (χ0n) is 9.92. The zero-order chi connectivity index (χ0) is 10.8. The lowest BCUT2D eigenvalue weighted by Crippen LogP contribution is -2.40. The van der Waals surface area contributed by atoms with Gasteiger partial charge in [-0.05, 0) is 39.4 Å². The quantitative estimate of drug-likeness (QED) is 0.587. The maximum absolute atomic E-state index is 8.88. The number of likely N-dealkylation sites (N-methyl/N-ethyl adjacent to an activating group) is 1. The van der Waals surface area contributed by atoms with Crippen LogP contribution in [0.25, 0.3) is 0 Å². The van der Waals surface area contributed by atoms with Crippen molar-refractivity contribution >= 4 is 0 Å². The summed E-state index contributed by atoms with van der Waals surface area (Å²) in [6.45, 7) is 8.08. The third-order valence-electron chi connectivity index (χ3n) is 2.44. The van der Waals surface area contributed by atoms with E-state index in [4.69, 9.17) is 5.11 Å². The number of aliphatic hydroxyl groups is 1. The van der Waals surface area contributed by atoms with Gasteiger partial charge in [0.05, 0.1) is 0 Å². The van der Waals surface area contributed by atoms with Crippen molar-refractivity contribution in [2.45, 2.75) is 39.2 Å². The highest BCUT2D eigenvalue weighted by atomic mass is 16.3. The van der Waals surface area contributed by atoms with Crippen LogP contribution in [0.4, 0.5) is 0 Å². The van der Waals surface area contributed by atoms with Crippen LogP contribution in [0.5, 0.6) is 0 Å². The Morgan fingerprint density at radius 2 is 1.79 bits per heavy atom. The van der Waals surface area contributed by atoms with E-state index in [1.807, 2.05) is 7.05 Å². The molecule has 0 amide bonds. The summed E-state index contributed by atoms with van der Waals surface area (Å²) in [7, 11) is 1.97. The fraction of sp³-hybridized carbons (Fsp3) is 1.00. The molecule has 0 aliphatic rings. The van der Waals surface area contributed by atoms with Gasteiger partial charge in [-0.3, -0.25) is 0 Å². The largest absolute Gasteiger partial charge is 0.396 e. The van der Waals surface area contributed by atoms with E-state index < -0.39 is 0 Å². The predicted octanol–water partition coefficient (Wildman–Crippen LogP) is 1.08. The van der Waals surface area contributed by atoms with Gasteiger partial charge >= 0.3 is 0 Å². The summed E-state index contributed by atoms with van der Waals surface area (Å²) in [5, 5.41) is 12.1. The molecule has 0 saturated carbocycles. The van der Waals surface area contributed by atoms with E-state index in [1.54, 1.807) is 0 Å². The molecule has 0 saturated heterocycles. The van der Waals surface area contributed by atoms with Gasteiger partial charge in [0.1, 0.15) is 0 Å². The summed E-state index contributed by atoms with van der Waals surface area (Å²) in [6, 6.07) is 0.429. The minimum Gasteiger partial charge on any atom is -0.396 e. The van der Waals surface area contributed by atoms with E-state index in [0.29, 0.717) is 6.04 Å². The van der Waals surface area contributed by atoms with Crippen molar-refractivity contribution in [2.24, 2.45) is 0 Å². The number of nitrogens with one attached hydrogen (secondary N) is 1. The van der Waals surface area contributed by atoms with Crippen molar-refractivity contribution in [1.82, 2.24) is 10.2 Å². The van der Waals surface area contributed by atoms with Crippen molar-refractivity contribution in [3.05, 3.63) is 0 Å². The van der Waals surface area contributed by atoms with E-state index in [9.17, 15) is 0 Å². The maximum Gasteiger partial charge on any atom is 0.0446 e. The molecule has 1 atom stereocenters. The number of aliphatic hydroxyl groups excluding tert-OH is 1. The second kappa shape index (κ2) is 9.44. The van der Waals surface area contributed by atoms with Gasteiger partial charge in [-0.1, -0.05) is 13.8 Å². The number of hydrogen-bond donors (Lipinski definition) is 2. The Balaban J connectivity index is 3.83. The first-order valence-electron chi connectivity index (χ1n) is 5.78. The average Bonchev–Trinajstić information content (AvgIpc) is 2.18. The van der Waals surface area contributed by atoms with E-state index in [0.717, 1.165) is 26.1 Å². The third kappa shape index (κ3) is 6.35. The summed E-state index contributed by atoms with van der Waals surface area (Å²) in [5.74, 6) is 0. The van der Waals surface area contributed by atoms with Crippen molar-refractivity contribution in [1.29, 1.82) is 0 Å². The molecule has 3 nitrogen and oxygen atoms in total. The predicted molar refractivity (Wildman–Crippen MR) is 61.6 cm³/mol. The van der Waals surface area contributed by atoms with E-state index in [-0.39, 0.29) is 6.61 Å². The number of rotatable bonds is 9. The van der Waals surface area contributed by atoms with Gasteiger partial charge in [0.15, 0.2) is 0 Å². The van der Waals surface area contributed by atoms with Crippen molar-refractivity contribution in [3.63, 3.8) is 0 Å². The molecular weight excluding hydrogens is 176 g/mol. The molecular formula is C11H26N2O. The van der Waals surface area contributed by atoms with E-state index in [1.165, 1.54) is 12.8 Å². The minimum absolute atomic E-state index is 0.275. The van der Waals surface area contributed by atoms with Gasteiger partial charge in [0, 0.05) is 19.2 Å². The molecule has 0 heterocycles. The molecule has 0 spiro atoms. The smallest absolute Gasteiger partial charge is 0.0446 e. The Kier molecular flexibility index (Phi) is 9.35. The molecule has 86 valence electrons. The van der Waals surface area contributed by atoms with Crippen molar-refractivity contribution in [2.75, 3.05) is 33.3 Å². The Hall–Kier alpha value is -0.120. The molecule has 0 fully saturated rings. The highest BCUT2D eigenvalue weighted by Crippen LogP contribution is 1.99. The molecule has 0 radical (unpaired) electrons. The third-order valence-corrected chi connectivity index (χ3v) is 2.44. The normalized spacial score (nSPS) is 13.5. The molecule has 14 heavy (non-hydrogen) atoms. The van der Waals surface area contributed by atoms with Crippen molar-refractivity contribution in [3.8, 4) is 0 Å². The van der Waals surface area contributed by atoms with Crippen LogP contribution < -0.4 is 5.32 Å². The van der Waals surface area contributed by atoms with Crippen LogP contribution in [0.1, 0.15) is 33.1 Å². The minimum atomic E-state index is 0.275. The highest BCUT2D eigenvalue weighted by Gasteiger charge is 2.10. The fourth-order valence-electron chi connectivity index (χ4n) is 1.72. The molecule has 0 aliphatic carbocycles. The van der Waals surface area contributed by atoms with Crippen LogP contribution in [-0.4, -0.2) is 49.3 Å². The highest BCUT2D eigenvalue weighted by molar-refractivity contribution is 4.70. The summed E-state index contributed by atoms with van der Waals surface area (Å²) in [5.41, 5.74) is 0. The van der Waals surface area contributed by atoms with Gasteiger partial charge in [-0.25, -0.2) is 0 Å². The van der Waals surface area contributed by atoms with E-state index >= 15 is 0 Å². The van der Waals surface area contributed by atoms with Gasteiger partial charge in [0.2, 0.25) is 0 Å². The second-order valence-corrected chi connectivity index (χ2v) is 3.80. The molecule has 0 aromatic heterocycles. The molecule has 0 bridgehead atoms. The van der Waals surface area contributed by atoms with Crippen LogP contribution in [0.3, 0.4) is 0 Å². The van der Waals surface area contributed by atoms with Gasteiger partial charge < -0.3 is 15.3 Å². The summed E-state index contributed by atoms with van der Waals surface area (Å²) < 4.78 is 0. The summed E-state index contributed by atoms with van der Waals surface area (Å²) in [6.07, 6.45) is 3.26. The van der Waals surface area contributed by atoms with Crippen LogP contribution in [0.15, 0.2) is 0 Å². The lowest BCUT2D eigenvalue weighted by molar-refractivity contribution is 0.212. The number of nitrogens with zero attached hydrogens (tertiary/aromatic N) is 1. The zero-order valence-corrected chi connectivity index (χ0v) is 9.92. The Morgan fingerprint density at radius 1 is 1.21 bits per heavy atom. The molecule has 2 N–H and O–H groups in total.